The average Bonchev–Trinajstić information content (AvgIpc) is 2.77. The van der Waals surface area contributed by atoms with Crippen LogP contribution in [0.1, 0.15) is 0 Å². The number of nitrogens with zero attached hydrogens (tertiary/aromatic N) is 2. The Hall–Kier alpha value is -0.560. The van der Waals surface area contributed by atoms with Gasteiger partial charge < -0.3 is 10.1 Å². The largest absolute Gasteiger partial charge is 0.445 e. The fourth-order valence-electron chi connectivity index (χ4n) is 1.78. The first-order chi connectivity index (χ1) is 8.90. The molecule has 2 rings (SSSR count). The minimum Gasteiger partial charge on any atom is -0.445 e. The Morgan fingerprint density at radius 1 is 1.63 bits per heavy atom. The van der Waals surface area contributed by atoms with Gasteiger partial charge in [-0.3, -0.25) is 9.74 Å². The van der Waals surface area contributed by atoms with Crippen molar-refractivity contribution in [3.05, 3.63) is 12.2 Å². The Morgan fingerprint density at radius 3 is 3.00 bits per heavy atom. The van der Waals surface area contributed by atoms with Gasteiger partial charge in [0.05, 0.1) is 6.04 Å². The number of hydrogen-bond acceptors (Lipinski definition) is 5. The minimum absolute atomic E-state index is 0.157. The first-order valence-corrected chi connectivity index (χ1v) is 6.80. The number of fused-ring (bicyclic) bond motifs is 1. The molecule has 106 valence electrons. The number of carbonyl (C=O) groups is 1. The molecule has 0 aromatic carbocycles. The Morgan fingerprint density at radius 2 is 2.37 bits per heavy atom. The Labute approximate surface area is 129 Å². The highest BCUT2D eigenvalue weighted by atomic mass is 35.6. The van der Waals surface area contributed by atoms with E-state index < -0.39 is 16.1 Å². The average molecular weight is 348 g/mol. The molecule has 0 radical (unpaired) electrons. The van der Waals surface area contributed by atoms with E-state index in [9.17, 15) is 4.79 Å². The summed E-state index contributed by atoms with van der Waals surface area (Å²) in [5, 5.41) is 2.99. The van der Waals surface area contributed by atoms with Crippen LogP contribution in [0.3, 0.4) is 0 Å². The second kappa shape index (κ2) is 5.83. The number of rotatable bonds is 1. The van der Waals surface area contributed by atoms with Crippen molar-refractivity contribution in [3.8, 4) is 0 Å². The van der Waals surface area contributed by atoms with Crippen molar-refractivity contribution >= 4 is 58.6 Å². The van der Waals surface area contributed by atoms with E-state index >= 15 is 0 Å². The van der Waals surface area contributed by atoms with E-state index in [1.54, 1.807) is 0 Å². The summed E-state index contributed by atoms with van der Waals surface area (Å²) in [6.07, 6.45) is 2.67. The summed E-state index contributed by atoms with van der Waals surface area (Å²) in [7, 11) is 0. The number of guanidine groups is 1. The maximum absolute atomic E-state index is 11.9. The zero-order valence-electron chi connectivity index (χ0n) is 9.45. The molecule has 0 spiro atoms. The number of alkyl halides is 3. The third kappa shape index (κ3) is 3.72. The summed E-state index contributed by atoms with van der Waals surface area (Å²) in [6, 6.07) is -0.157. The summed E-state index contributed by atoms with van der Waals surface area (Å²) in [6.45, 7) is 0.0342. The number of aliphatic imine (C=N–C) groups is 1. The summed E-state index contributed by atoms with van der Waals surface area (Å²) < 4.78 is 3.29. The van der Waals surface area contributed by atoms with Gasteiger partial charge in [0, 0.05) is 18.3 Å². The topological polar surface area (TPSA) is 66.0 Å². The van der Waals surface area contributed by atoms with Crippen LogP contribution in [0.15, 0.2) is 17.1 Å². The normalized spacial score (nSPS) is 25.5. The zero-order chi connectivity index (χ0) is 14.0. The van der Waals surface area contributed by atoms with E-state index in [1.165, 1.54) is 4.90 Å². The molecule has 6 nitrogen and oxygen atoms in total. The first-order valence-electron chi connectivity index (χ1n) is 5.28. The lowest BCUT2D eigenvalue weighted by molar-refractivity contribution is 0.0897. The Balaban J connectivity index is 2.01. The molecular weight excluding hydrogens is 338 g/mol. The van der Waals surface area contributed by atoms with Crippen molar-refractivity contribution in [1.29, 1.82) is 0 Å². The van der Waals surface area contributed by atoms with Crippen molar-refractivity contribution in [3.63, 3.8) is 0 Å². The molecule has 0 aromatic heterocycles. The van der Waals surface area contributed by atoms with Gasteiger partial charge >= 0.3 is 6.09 Å². The number of carbonyl (C=O) groups excluding carboxylic acids is 1. The molecule has 2 heterocycles. The predicted molar refractivity (Wildman–Crippen MR) is 74.6 cm³/mol. The number of nitrogens with one attached hydrogen (secondary N) is 2. The minimum atomic E-state index is -1.64. The molecule has 19 heavy (non-hydrogen) atoms. The fraction of sp³-hybridized carbons (Fsp3) is 0.556. The molecule has 10 heteroatoms. The summed E-state index contributed by atoms with van der Waals surface area (Å²) in [5.41, 5.74) is 0. The summed E-state index contributed by atoms with van der Waals surface area (Å²) >= 11 is 22.0. The van der Waals surface area contributed by atoms with Crippen LogP contribution in [0.25, 0.3) is 0 Å². The fourth-order valence-corrected chi connectivity index (χ4v) is 2.05. The van der Waals surface area contributed by atoms with Gasteiger partial charge in [-0.25, -0.2) is 9.79 Å². The molecule has 0 fully saturated rings. The quantitative estimate of drug-likeness (QED) is 0.431. The van der Waals surface area contributed by atoms with Crippen molar-refractivity contribution < 1.29 is 9.53 Å². The zero-order valence-corrected chi connectivity index (χ0v) is 12.5. The van der Waals surface area contributed by atoms with Gasteiger partial charge in [-0.05, 0) is 0 Å². The van der Waals surface area contributed by atoms with Crippen LogP contribution in [0.4, 0.5) is 4.79 Å². The van der Waals surface area contributed by atoms with Crippen LogP contribution in [0, 0.1) is 0 Å². The summed E-state index contributed by atoms with van der Waals surface area (Å²) in [5.74, 6) is 0.391. The lowest BCUT2D eigenvalue weighted by Gasteiger charge is -2.31. The SMILES string of the molecule is O=C(OCC(Cl)(Cl)Cl)N1CC=CC2NC(NCl)=NC21. The van der Waals surface area contributed by atoms with E-state index in [4.69, 9.17) is 51.3 Å². The molecule has 2 aliphatic heterocycles. The maximum atomic E-state index is 11.9. The molecule has 0 saturated carbocycles. The van der Waals surface area contributed by atoms with Crippen LogP contribution in [-0.4, -0.2) is 46.1 Å². The van der Waals surface area contributed by atoms with Gasteiger partial charge in [0.1, 0.15) is 6.61 Å². The van der Waals surface area contributed by atoms with E-state index in [0.717, 1.165) is 0 Å². The van der Waals surface area contributed by atoms with Crippen LogP contribution in [-0.2, 0) is 4.74 Å². The first kappa shape index (κ1) is 14.8. The van der Waals surface area contributed by atoms with Gasteiger partial charge in [-0.1, -0.05) is 47.0 Å². The Kier molecular flexibility index (Phi) is 4.55. The van der Waals surface area contributed by atoms with Crippen molar-refractivity contribution in [1.82, 2.24) is 15.1 Å². The van der Waals surface area contributed by atoms with E-state index in [1.807, 2.05) is 12.2 Å². The monoisotopic (exact) mass is 346 g/mol. The lowest BCUT2D eigenvalue weighted by atomic mass is 10.1. The highest BCUT2D eigenvalue weighted by Gasteiger charge is 2.37. The predicted octanol–water partition coefficient (Wildman–Crippen LogP) is 1.76. The van der Waals surface area contributed by atoms with E-state index in [0.29, 0.717) is 12.5 Å². The number of amides is 1. The van der Waals surface area contributed by atoms with Crippen molar-refractivity contribution in [2.24, 2.45) is 4.99 Å². The van der Waals surface area contributed by atoms with Crippen LogP contribution in [0.2, 0.25) is 0 Å². The number of halogens is 4. The van der Waals surface area contributed by atoms with Crippen molar-refractivity contribution in [2.45, 2.75) is 16.0 Å². The Bertz CT molecular complexity index is 423. The second-order valence-electron chi connectivity index (χ2n) is 3.91. The summed E-state index contributed by atoms with van der Waals surface area (Å²) in [4.78, 5) is 19.9. The van der Waals surface area contributed by atoms with Crippen LogP contribution >= 0.6 is 46.6 Å². The van der Waals surface area contributed by atoms with Gasteiger partial charge in [0.25, 0.3) is 0 Å². The molecule has 0 aromatic rings. The van der Waals surface area contributed by atoms with Crippen LogP contribution < -0.4 is 10.2 Å². The molecule has 2 atom stereocenters. The van der Waals surface area contributed by atoms with Gasteiger partial charge in [0.15, 0.2) is 6.17 Å². The highest BCUT2D eigenvalue weighted by molar-refractivity contribution is 6.67. The van der Waals surface area contributed by atoms with Crippen LogP contribution in [0.5, 0.6) is 0 Å². The van der Waals surface area contributed by atoms with Gasteiger partial charge in [-0.2, -0.15) is 0 Å². The molecule has 0 bridgehead atoms. The van der Waals surface area contributed by atoms with Gasteiger partial charge in [-0.15, -0.1) is 0 Å². The third-order valence-corrected chi connectivity index (χ3v) is 3.04. The van der Waals surface area contributed by atoms with Crippen molar-refractivity contribution in [2.75, 3.05) is 13.2 Å². The molecular formula is C9H10Cl4N4O2. The number of hydrogen-bond donors (Lipinski definition) is 2. The second-order valence-corrected chi connectivity index (χ2v) is 6.61. The standard InChI is InChI=1S/C9H10Cl4N4O2/c10-9(11,12)4-19-8(18)17-3-1-2-5-6(17)15-7(14-5)16-13/h1-2,5-6H,3-4H2,(H2,14,15,16). The lowest BCUT2D eigenvalue weighted by Crippen LogP contribution is -2.50. The molecule has 2 N–H and O–H groups in total. The van der Waals surface area contributed by atoms with E-state index in [2.05, 4.69) is 15.1 Å². The van der Waals surface area contributed by atoms with E-state index in [-0.39, 0.29) is 12.6 Å². The number of ether oxygens (including phenoxy) is 1. The van der Waals surface area contributed by atoms with Gasteiger partial charge in [0.2, 0.25) is 9.75 Å². The maximum Gasteiger partial charge on any atom is 0.412 e. The molecule has 0 saturated heterocycles. The highest BCUT2D eigenvalue weighted by Crippen LogP contribution is 2.27. The smallest absolute Gasteiger partial charge is 0.412 e. The molecule has 2 unspecified atom stereocenters. The molecule has 2 aliphatic rings. The third-order valence-electron chi connectivity index (χ3n) is 2.53. The molecule has 1 amide bonds. The molecule has 0 aliphatic carbocycles.